The molecule has 3 aromatic heterocycles. The van der Waals surface area contributed by atoms with E-state index in [1.807, 2.05) is 24.4 Å². The van der Waals surface area contributed by atoms with Crippen LogP contribution in [0.1, 0.15) is 0 Å². The molecule has 0 aromatic carbocycles. The monoisotopic (exact) mass is 284 g/mol. The number of aromatic amines is 1. The maximum atomic E-state index is 5.49. The summed E-state index contributed by atoms with van der Waals surface area (Å²) in [5, 5.41) is 3.11. The first-order chi connectivity index (χ1) is 9.79. The Morgan fingerprint density at radius 3 is 2.95 bits per heavy atom. The Hall–Kier alpha value is -2.47. The normalized spacial score (nSPS) is 10.4. The number of nitrogens with one attached hydrogen (secondary N) is 1. The molecule has 0 bridgehead atoms. The average molecular weight is 284 g/mol. The van der Waals surface area contributed by atoms with Crippen molar-refractivity contribution in [3.8, 4) is 22.7 Å². The van der Waals surface area contributed by atoms with Gasteiger partial charge in [0.15, 0.2) is 5.82 Å². The molecule has 0 atom stereocenters. The van der Waals surface area contributed by atoms with Gasteiger partial charge in [0.25, 0.3) is 0 Å². The van der Waals surface area contributed by atoms with Gasteiger partial charge in [0.1, 0.15) is 10.4 Å². The number of hydrogen-bond donors (Lipinski definition) is 1. The summed E-state index contributed by atoms with van der Waals surface area (Å²) in [6, 6.07) is 7.46. The first kappa shape index (κ1) is 12.6. The zero-order valence-electron chi connectivity index (χ0n) is 10.8. The number of nitrogens with zero attached hydrogens (tertiary/aromatic N) is 3. The minimum atomic E-state index is 0.652. The van der Waals surface area contributed by atoms with Crippen LogP contribution in [0.5, 0.6) is 5.75 Å². The van der Waals surface area contributed by atoms with Crippen LogP contribution in [0.4, 0.5) is 0 Å². The highest BCUT2D eigenvalue weighted by molar-refractivity contribution is 7.71. The number of ether oxygens (including phenoxy) is 1. The summed E-state index contributed by atoms with van der Waals surface area (Å²) in [5.41, 5.74) is 1.88. The van der Waals surface area contributed by atoms with Gasteiger partial charge in [-0.2, -0.15) is 0 Å². The van der Waals surface area contributed by atoms with Crippen LogP contribution >= 0.6 is 12.2 Å². The minimum absolute atomic E-state index is 0.652. The molecule has 0 saturated carbocycles. The summed E-state index contributed by atoms with van der Waals surface area (Å²) in [6.07, 6.45) is 7.04. The average Bonchev–Trinajstić information content (AvgIpc) is 2.90. The van der Waals surface area contributed by atoms with E-state index in [1.165, 1.54) is 0 Å². The van der Waals surface area contributed by atoms with Crippen molar-refractivity contribution in [1.29, 1.82) is 0 Å². The highest BCUT2D eigenvalue weighted by atomic mass is 32.1. The summed E-state index contributed by atoms with van der Waals surface area (Å²) in [5.74, 6) is 1.42. The first-order valence-corrected chi connectivity index (χ1v) is 6.41. The van der Waals surface area contributed by atoms with Crippen LogP contribution in [-0.2, 0) is 0 Å². The van der Waals surface area contributed by atoms with E-state index in [-0.39, 0.29) is 0 Å². The van der Waals surface area contributed by atoms with Crippen LogP contribution in [0.2, 0.25) is 0 Å². The second-order valence-electron chi connectivity index (χ2n) is 4.12. The number of pyridine rings is 2. The van der Waals surface area contributed by atoms with Crippen molar-refractivity contribution in [1.82, 2.24) is 19.7 Å². The molecule has 3 rings (SSSR count). The second kappa shape index (κ2) is 5.26. The molecule has 0 amide bonds. The van der Waals surface area contributed by atoms with Gasteiger partial charge in [0.2, 0.25) is 0 Å². The van der Waals surface area contributed by atoms with Crippen molar-refractivity contribution in [3.05, 3.63) is 53.7 Å². The largest absolute Gasteiger partial charge is 0.497 e. The minimum Gasteiger partial charge on any atom is -0.497 e. The topological polar surface area (TPSA) is 55.7 Å². The quantitative estimate of drug-likeness (QED) is 0.751. The van der Waals surface area contributed by atoms with Crippen molar-refractivity contribution in [2.75, 3.05) is 7.11 Å². The Bertz CT molecular complexity index is 779. The molecule has 0 saturated heterocycles. The maximum absolute atomic E-state index is 5.49. The van der Waals surface area contributed by atoms with E-state index < -0.39 is 0 Å². The third kappa shape index (κ3) is 2.21. The molecule has 0 aliphatic rings. The van der Waals surface area contributed by atoms with Crippen molar-refractivity contribution < 1.29 is 4.74 Å². The molecule has 0 spiro atoms. The van der Waals surface area contributed by atoms with Crippen molar-refractivity contribution in [2.45, 2.75) is 0 Å². The van der Waals surface area contributed by atoms with Gasteiger partial charge in [-0.25, -0.2) is 9.67 Å². The smallest absolute Gasteiger partial charge is 0.156 e. The molecule has 3 heterocycles. The van der Waals surface area contributed by atoms with E-state index in [1.54, 1.807) is 36.4 Å². The predicted molar refractivity (Wildman–Crippen MR) is 78.5 cm³/mol. The lowest BCUT2D eigenvalue weighted by molar-refractivity contribution is 0.414. The standard InChI is InChI=1S/C14H12N4OS/c1-19-11-4-6-16-13(7-11)18-14(20)12(9-17-18)10-3-2-5-15-8-10/h2-9,17H,1H3. The van der Waals surface area contributed by atoms with Gasteiger partial charge in [-0.3, -0.25) is 10.1 Å². The number of aromatic nitrogens is 4. The highest BCUT2D eigenvalue weighted by Crippen LogP contribution is 2.21. The third-order valence-electron chi connectivity index (χ3n) is 2.93. The van der Waals surface area contributed by atoms with Gasteiger partial charge in [-0.05, 0) is 12.1 Å². The fourth-order valence-corrected chi connectivity index (χ4v) is 2.24. The Kier molecular flexibility index (Phi) is 3.30. The molecular formula is C14H12N4OS. The molecule has 0 radical (unpaired) electrons. The van der Waals surface area contributed by atoms with E-state index in [2.05, 4.69) is 15.1 Å². The Morgan fingerprint density at radius 2 is 2.20 bits per heavy atom. The molecular weight excluding hydrogens is 272 g/mol. The zero-order valence-corrected chi connectivity index (χ0v) is 11.6. The Labute approximate surface area is 120 Å². The highest BCUT2D eigenvalue weighted by Gasteiger charge is 2.08. The van der Waals surface area contributed by atoms with Gasteiger partial charge < -0.3 is 4.74 Å². The molecule has 0 fully saturated rings. The molecule has 0 aliphatic heterocycles. The van der Waals surface area contributed by atoms with Crippen LogP contribution in [-0.4, -0.2) is 26.9 Å². The van der Waals surface area contributed by atoms with Gasteiger partial charge in [-0.15, -0.1) is 0 Å². The Morgan fingerprint density at radius 1 is 1.30 bits per heavy atom. The van der Waals surface area contributed by atoms with E-state index in [9.17, 15) is 0 Å². The zero-order chi connectivity index (χ0) is 13.9. The van der Waals surface area contributed by atoms with Crippen LogP contribution in [0.25, 0.3) is 16.9 Å². The molecule has 5 nitrogen and oxygen atoms in total. The fraction of sp³-hybridized carbons (Fsp3) is 0.0714. The third-order valence-corrected chi connectivity index (χ3v) is 3.33. The summed E-state index contributed by atoms with van der Waals surface area (Å²) in [6.45, 7) is 0. The van der Waals surface area contributed by atoms with E-state index in [0.717, 1.165) is 16.9 Å². The summed E-state index contributed by atoms with van der Waals surface area (Å²) < 4.78 is 7.58. The van der Waals surface area contributed by atoms with Gasteiger partial charge >= 0.3 is 0 Å². The van der Waals surface area contributed by atoms with Crippen LogP contribution in [0.15, 0.2) is 49.1 Å². The lowest BCUT2D eigenvalue weighted by Gasteiger charge is -2.04. The van der Waals surface area contributed by atoms with Crippen LogP contribution in [0.3, 0.4) is 0 Å². The number of methoxy groups -OCH3 is 1. The summed E-state index contributed by atoms with van der Waals surface area (Å²) in [4.78, 5) is 8.40. The van der Waals surface area contributed by atoms with Crippen molar-refractivity contribution >= 4 is 12.2 Å². The van der Waals surface area contributed by atoms with Gasteiger partial charge in [0, 0.05) is 42.0 Å². The molecule has 3 aromatic rings. The van der Waals surface area contributed by atoms with E-state index in [0.29, 0.717) is 10.5 Å². The van der Waals surface area contributed by atoms with Crippen LogP contribution in [0, 0.1) is 4.64 Å². The molecule has 0 aliphatic carbocycles. The molecule has 6 heteroatoms. The molecule has 0 unspecified atom stereocenters. The summed E-state index contributed by atoms with van der Waals surface area (Å²) >= 11 is 5.49. The lowest BCUT2D eigenvalue weighted by Crippen LogP contribution is -1.99. The van der Waals surface area contributed by atoms with E-state index in [4.69, 9.17) is 17.0 Å². The molecule has 100 valence electrons. The number of hydrogen-bond acceptors (Lipinski definition) is 4. The molecule has 1 N–H and O–H groups in total. The second-order valence-corrected chi connectivity index (χ2v) is 4.51. The van der Waals surface area contributed by atoms with Gasteiger partial charge in [-0.1, -0.05) is 18.3 Å². The summed E-state index contributed by atoms with van der Waals surface area (Å²) in [7, 11) is 1.62. The van der Waals surface area contributed by atoms with Crippen molar-refractivity contribution in [3.63, 3.8) is 0 Å². The Balaban J connectivity index is 2.09. The van der Waals surface area contributed by atoms with Gasteiger partial charge in [0.05, 0.1) is 7.11 Å². The predicted octanol–water partition coefficient (Wildman–Crippen LogP) is 3.00. The number of H-pyrrole nitrogens is 1. The van der Waals surface area contributed by atoms with E-state index >= 15 is 0 Å². The fourth-order valence-electron chi connectivity index (χ4n) is 1.92. The SMILES string of the molecule is COc1ccnc(-n2[nH]cc(-c3cccnc3)c2=S)c1. The van der Waals surface area contributed by atoms with Crippen LogP contribution < -0.4 is 4.74 Å². The van der Waals surface area contributed by atoms with Crippen molar-refractivity contribution in [2.24, 2.45) is 0 Å². The maximum Gasteiger partial charge on any atom is 0.156 e. The first-order valence-electron chi connectivity index (χ1n) is 6.01. The lowest BCUT2D eigenvalue weighted by atomic mass is 10.2. The number of rotatable bonds is 3. The molecule has 20 heavy (non-hydrogen) atoms.